The Morgan fingerprint density at radius 1 is 0.310 bits per heavy atom. The molecule has 0 aromatic carbocycles. The summed E-state index contributed by atoms with van der Waals surface area (Å²) in [5, 5.41) is 0. The van der Waals surface area contributed by atoms with Gasteiger partial charge in [0.25, 0.3) is 0 Å². The highest BCUT2D eigenvalue weighted by molar-refractivity contribution is 8.93. The molecule has 0 aromatic rings. The molecule has 0 rings (SSSR count). The number of rotatable bonds is 23. The zero-order chi connectivity index (χ0) is 20.8. The van der Waals surface area contributed by atoms with E-state index < -0.39 is 0 Å². The van der Waals surface area contributed by atoms with E-state index in [0.29, 0.717) is 0 Å². The highest BCUT2D eigenvalue weighted by atomic mass is 79.9. The van der Waals surface area contributed by atoms with Gasteiger partial charge in [-0.25, -0.2) is 0 Å². The average molecular weight is 478 g/mol. The van der Waals surface area contributed by atoms with E-state index in [1.165, 1.54) is 153 Å². The van der Waals surface area contributed by atoms with Crippen molar-refractivity contribution < 1.29 is 4.48 Å². The van der Waals surface area contributed by atoms with E-state index in [9.17, 15) is 0 Å². The van der Waals surface area contributed by atoms with Crippen LogP contribution >= 0.6 is 17.0 Å². The molecule has 0 aromatic heterocycles. The van der Waals surface area contributed by atoms with Crippen LogP contribution in [0.1, 0.15) is 150 Å². The van der Waals surface area contributed by atoms with Crippen molar-refractivity contribution in [2.75, 3.05) is 26.2 Å². The Kier molecular flexibility index (Phi) is 26.9. The Hall–Kier alpha value is 0.440. The van der Waals surface area contributed by atoms with E-state index in [4.69, 9.17) is 0 Å². The summed E-state index contributed by atoms with van der Waals surface area (Å²) in [4.78, 5) is 0. The van der Waals surface area contributed by atoms with Crippen LogP contribution in [-0.4, -0.2) is 30.7 Å². The van der Waals surface area contributed by atoms with Crippen LogP contribution in [0.5, 0.6) is 0 Å². The second-order valence-electron chi connectivity index (χ2n) is 9.54. The first kappa shape index (κ1) is 31.6. The van der Waals surface area contributed by atoms with E-state index in [1.54, 1.807) is 0 Å². The summed E-state index contributed by atoms with van der Waals surface area (Å²) in [6, 6.07) is 0. The van der Waals surface area contributed by atoms with Crippen LogP contribution < -0.4 is 0 Å². The number of nitrogens with zero attached hydrogens (tertiary/aromatic N) is 1. The third-order valence-corrected chi connectivity index (χ3v) is 6.66. The van der Waals surface area contributed by atoms with Gasteiger partial charge in [0.1, 0.15) is 0 Å². The summed E-state index contributed by atoms with van der Waals surface area (Å²) < 4.78 is 1.45. The zero-order valence-electron chi connectivity index (χ0n) is 21.1. The van der Waals surface area contributed by atoms with Gasteiger partial charge >= 0.3 is 0 Å². The molecule has 2 heteroatoms. The lowest BCUT2D eigenvalue weighted by Gasteiger charge is -2.39. The summed E-state index contributed by atoms with van der Waals surface area (Å²) in [5.41, 5.74) is 0. The molecular formula is C27H59BrN+. The molecule has 0 heterocycles. The fourth-order valence-electron chi connectivity index (χ4n) is 4.83. The van der Waals surface area contributed by atoms with Gasteiger partial charge < -0.3 is 4.48 Å². The quantitative estimate of drug-likeness (QED) is 0.101. The van der Waals surface area contributed by atoms with Gasteiger partial charge in [0, 0.05) is 0 Å². The first-order valence-corrected chi connectivity index (χ1v) is 13.6. The molecule has 29 heavy (non-hydrogen) atoms. The Morgan fingerprint density at radius 2 is 0.586 bits per heavy atom. The van der Waals surface area contributed by atoms with Crippen LogP contribution in [0.25, 0.3) is 0 Å². The normalized spacial score (nSPS) is 11.6. The van der Waals surface area contributed by atoms with Gasteiger partial charge in [-0.2, -0.15) is 0 Å². The molecule has 0 unspecified atom stereocenters. The van der Waals surface area contributed by atoms with Gasteiger partial charge in [-0.3, -0.25) is 0 Å². The lowest BCUT2D eigenvalue weighted by Crippen LogP contribution is -2.50. The minimum absolute atomic E-state index is 0. The number of halogens is 1. The maximum atomic E-state index is 2.41. The molecule has 0 aliphatic rings. The Morgan fingerprint density at radius 3 is 0.862 bits per heavy atom. The minimum Gasteiger partial charge on any atom is -0.324 e. The van der Waals surface area contributed by atoms with Crippen molar-refractivity contribution in [1.29, 1.82) is 0 Å². The van der Waals surface area contributed by atoms with E-state index in [0.717, 1.165) is 0 Å². The number of unbranched alkanes of at least 4 members (excludes halogenated alkanes) is 15. The molecular weight excluding hydrogens is 418 g/mol. The minimum atomic E-state index is 0. The van der Waals surface area contributed by atoms with Crippen LogP contribution in [0.3, 0.4) is 0 Å². The molecule has 0 spiro atoms. The molecule has 0 fully saturated rings. The van der Waals surface area contributed by atoms with Crippen molar-refractivity contribution in [1.82, 2.24) is 0 Å². The van der Waals surface area contributed by atoms with E-state index in [2.05, 4.69) is 27.7 Å². The molecule has 1 nitrogen and oxygen atoms in total. The topological polar surface area (TPSA) is 0 Å². The molecule has 0 bridgehead atoms. The summed E-state index contributed by atoms with van der Waals surface area (Å²) in [7, 11) is 0. The molecule has 0 aliphatic carbocycles. The monoisotopic (exact) mass is 476 g/mol. The van der Waals surface area contributed by atoms with Gasteiger partial charge in [0.05, 0.1) is 26.2 Å². The lowest BCUT2D eigenvalue weighted by molar-refractivity contribution is -0.929. The van der Waals surface area contributed by atoms with Crippen LogP contribution in [0.4, 0.5) is 0 Å². The van der Waals surface area contributed by atoms with Crippen molar-refractivity contribution in [2.45, 2.75) is 150 Å². The fourth-order valence-corrected chi connectivity index (χ4v) is 4.83. The first-order valence-electron chi connectivity index (χ1n) is 13.6. The highest BCUT2D eigenvalue weighted by Crippen LogP contribution is 2.19. The maximum Gasteiger partial charge on any atom is 0.0786 e. The van der Waals surface area contributed by atoms with Crippen molar-refractivity contribution in [2.24, 2.45) is 0 Å². The van der Waals surface area contributed by atoms with Crippen LogP contribution in [0.15, 0.2) is 0 Å². The van der Waals surface area contributed by atoms with Crippen molar-refractivity contribution >= 4 is 17.0 Å². The summed E-state index contributed by atoms with van der Waals surface area (Å²) in [6.45, 7) is 15.2. The van der Waals surface area contributed by atoms with Crippen molar-refractivity contribution in [3.8, 4) is 0 Å². The summed E-state index contributed by atoms with van der Waals surface area (Å²) in [6.07, 6.45) is 27.3. The van der Waals surface area contributed by atoms with E-state index in [1.807, 2.05) is 0 Å². The largest absolute Gasteiger partial charge is 0.324 e. The van der Waals surface area contributed by atoms with E-state index in [-0.39, 0.29) is 17.0 Å². The number of hydrogen-bond donors (Lipinski definition) is 0. The predicted octanol–water partition coefficient (Wildman–Crippen LogP) is 9.87. The fraction of sp³-hybridized carbons (Fsp3) is 1.00. The Labute approximate surface area is 197 Å². The van der Waals surface area contributed by atoms with Crippen LogP contribution in [0, 0.1) is 0 Å². The number of hydrogen-bond acceptors (Lipinski definition) is 0. The zero-order valence-corrected chi connectivity index (χ0v) is 22.8. The van der Waals surface area contributed by atoms with Gasteiger partial charge in [0.2, 0.25) is 0 Å². The standard InChI is InChI=1S/C27H58N.BrH/c1-5-9-12-15-18-21-25-28(24-8-4,26-22-19-16-13-10-6-2)27-23-20-17-14-11-7-3;/h5-27H2,1-4H3;1H/q+1;. The molecule has 0 atom stereocenters. The number of quaternary nitrogens is 1. The molecule has 0 saturated heterocycles. The van der Waals surface area contributed by atoms with Crippen molar-refractivity contribution in [3.63, 3.8) is 0 Å². The SMILES string of the molecule is Br.CCCCCCCC[N+](CCC)(CCCCCCCC)CCCCCCCC. The molecule has 178 valence electrons. The first-order chi connectivity index (χ1) is 13.7. The van der Waals surface area contributed by atoms with Gasteiger partial charge in [0.15, 0.2) is 0 Å². The van der Waals surface area contributed by atoms with Gasteiger partial charge in [-0.1, -0.05) is 105 Å². The second kappa shape index (κ2) is 24.7. The Balaban J connectivity index is 0. The summed E-state index contributed by atoms with van der Waals surface area (Å²) in [5.74, 6) is 0. The van der Waals surface area contributed by atoms with Gasteiger partial charge in [-0.15, -0.1) is 17.0 Å². The van der Waals surface area contributed by atoms with E-state index >= 15 is 0 Å². The van der Waals surface area contributed by atoms with Gasteiger partial charge in [-0.05, 0) is 44.9 Å². The predicted molar refractivity (Wildman–Crippen MR) is 140 cm³/mol. The molecule has 0 aliphatic heterocycles. The smallest absolute Gasteiger partial charge is 0.0786 e. The third-order valence-electron chi connectivity index (χ3n) is 6.66. The Bertz CT molecular complexity index is 251. The molecule has 0 saturated carbocycles. The average Bonchev–Trinajstić information content (AvgIpc) is 2.70. The maximum absolute atomic E-state index is 2.41. The molecule has 0 radical (unpaired) electrons. The third kappa shape index (κ3) is 20.1. The summed E-state index contributed by atoms with van der Waals surface area (Å²) >= 11 is 0. The van der Waals surface area contributed by atoms with Crippen LogP contribution in [-0.2, 0) is 0 Å². The van der Waals surface area contributed by atoms with Crippen molar-refractivity contribution in [3.05, 3.63) is 0 Å². The molecule has 0 N–H and O–H groups in total. The van der Waals surface area contributed by atoms with Crippen LogP contribution in [0.2, 0.25) is 0 Å². The highest BCUT2D eigenvalue weighted by Gasteiger charge is 2.25. The second-order valence-corrected chi connectivity index (χ2v) is 9.54. The molecule has 0 amide bonds. The lowest BCUT2D eigenvalue weighted by atomic mass is 10.1.